The van der Waals surface area contributed by atoms with Gasteiger partial charge in [-0.25, -0.2) is 4.79 Å². The summed E-state index contributed by atoms with van der Waals surface area (Å²) >= 11 is 0. The van der Waals surface area contributed by atoms with E-state index < -0.39 is 0 Å². The molecule has 0 spiro atoms. The molecule has 2 amide bonds. The Morgan fingerprint density at radius 1 is 1.39 bits per heavy atom. The van der Waals surface area contributed by atoms with E-state index in [1.54, 1.807) is 4.68 Å². The third kappa shape index (κ3) is 5.21. The Hall–Kier alpha value is -1.60. The molecule has 0 bridgehead atoms. The zero-order chi connectivity index (χ0) is 16.7. The van der Waals surface area contributed by atoms with E-state index >= 15 is 0 Å². The average molecular weight is 323 g/mol. The van der Waals surface area contributed by atoms with Crippen LogP contribution in [0.1, 0.15) is 25.8 Å². The van der Waals surface area contributed by atoms with Gasteiger partial charge < -0.3 is 15.4 Å². The number of amides is 2. The van der Waals surface area contributed by atoms with Gasteiger partial charge in [0.25, 0.3) is 0 Å². The Morgan fingerprint density at radius 3 is 2.74 bits per heavy atom. The smallest absolute Gasteiger partial charge is 0.314 e. The molecule has 0 aliphatic carbocycles. The van der Waals surface area contributed by atoms with Crippen molar-refractivity contribution < 1.29 is 9.53 Å². The topological polar surface area (TPSA) is 71.4 Å². The maximum absolute atomic E-state index is 12.0. The zero-order valence-corrected chi connectivity index (χ0v) is 14.5. The minimum Gasteiger partial charge on any atom is -0.379 e. The van der Waals surface area contributed by atoms with E-state index in [0.717, 1.165) is 44.7 Å². The van der Waals surface area contributed by atoms with Crippen LogP contribution in [0.5, 0.6) is 0 Å². The number of aryl methyl sites for hydroxylation is 1. The third-order valence-electron chi connectivity index (χ3n) is 4.62. The number of urea groups is 1. The van der Waals surface area contributed by atoms with Gasteiger partial charge in [-0.3, -0.25) is 9.58 Å². The Labute approximate surface area is 138 Å². The van der Waals surface area contributed by atoms with Gasteiger partial charge >= 0.3 is 6.03 Å². The summed E-state index contributed by atoms with van der Waals surface area (Å²) in [5, 5.41) is 10.0. The molecule has 1 aliphatic heterocycles. The number of nitrogens with one attached hydrogen (secondary N) is 2. The van der Waals surface area contributed by atoms with Crippen LogP contribution in [0.25, 0.3) is 0 Å². The molecule has 2 heterocycles. The van der Waals surface area contributed by atoms with Crippen LogP contribution < -0.4 is 10.6 Å². The number of carbonyl (C=O) groups excluding carboxylic acids is 1. The first-order valence-corrected chi connectivity index (χ1v) is 8.35. The summed E-state index contributed by atoms with van der Waals surface area (Å²) < 4.78 is 7.18. The van der Waals surface area contributed by atoms with Crippen molar-refractivity contribution in [2.24, 2.45) is 7.05 Å². The molecule has 1 atom stereocenters. The van der Waals surface area contributed by atoms with Crippen molar-refractivity contribution in [3.8, 4) is 0 Å². The van der Waals surface area contributed by atoms with Crippen LogP contribution >= 0.6 is 0 Å². The van der Waals surface area contributed by atoms with Gasteiger partial charge in [0.15, 0.2) is 0 Å². The van der Waals surface area contributed by atoms with E-state index in [9.17, 15) is 4.79 Å². The van der Waals surface area contributed by atoms with E-state index in [4.69, 9.17) is 4.74 Å². The lowest BCUT2D eigenvalue weighted by Gasteiger charge is -2.43. The highest BCUT2D eigenvalue weighted by Gasteiger charge is 2.31. The molecule has 1 saturated heterocycles. The minimum atomic E-state index is -0.109. The van der Waals surface area contributed by atoms with E-state index in [1.807, 2.05) is 19.4 Å². The van der Waals surface area contributed by atoms with Crippen LogP contribution in [0.15, 0.2) is 12.4 Å². The molecule has 130 valence electrons. The summed E-state index contributed by atoms with van der Waals surface area (Å²) in [6.07, 6.45) is 5.57. The van der Waals surface area contributed by atoms with E-state index in [2.05, 4.69) is 34.5 Å². The summed E-state index contributed by atoms with van der Waals surface area (Å²) in [6.45, 7) is 9.01. The molecule has 7 heteroatoms. The molecule has 1 aromatic rings. The normalized spacial score (nSPS) is 18.4. The fourth-order valence-electron chi connectivity index (χ4n) is 2.82. The summed E-state index contributed by atoms with van der Waals surface area (Å²) in [5.41, 5.74) is 1.10. The number of morpholine rings is 1. The lowest BCUT2D eigenvalue weighted by molar-refractivity contribution is -0.0164. The molecule has 7 nitrogen and oxygen atoms in total. The van der Waals surface area contributed by atoms with Gasteiger partial charge in [-0.05, 0) is 25.3 Å². The standard InChI is InChI=1S/C16H29N5O2/c1-4-16(2,21-7-9-23-10-8-21)13-18-15(22)17-6-5-14-11-19-20(3)12-14/h11-12H,4-10,13H2,1-3H3,(H2,17,18,22)/t16-/m1/s1. The van der Waals surface area contributed by atoms with Gasteiger partial charge in [-0.15, -0.1) is 0 Å². The Kier molecular flexibility index (Phi) is 6.41. The lowest BCUT2D eigenvalue weighted by Crippen LogP contribution is -2.57. The fourth-order valence-corrected chi connectivity index (χ4v) is 2.82. The highest BCUT2D eigenvalue weighted by Crippen LogP contribution is 2.19. The molecular weight excluding hydrogens is 294 g/mol. The van der Waals surface area contributed by atoms with Crippen molar-refractivity contribution in [1.82, 2.24) is 25.3 Å². The number of ether oxygens (including phenoxy) is 1. The molecule has 1 aromatic heterocycles. The number of hydrogen-bond donors (Lipinski definition) is 2. The van der Waals surface area contributed by atoms with Crippen molar-refractivity contribution in [1.29, 1.82) is 0 Å². The van der Waals surface area contributed by atoms with Crippen molar-refractivity contribution >= 4 is 6.03 Å². The molecule has 0 radical (unpaired) electrons. The number of hydrogen-bond acceptors (Lipinski definition) is 4. The predicted octanol–water partition coefficient (Wildman–Crippen LogP) is 0.763. The van der Waals surface area contributed by atoms with Gasteiger partial charge in [0.2, 0.25) is 0 Å². The van der Waals surface area contributed by atoms with E-state index in [0.29, 0.717) is 13.1 Å². The summed E-state index contributed by atoms with van der Waals surface area (Å²) in [7, 11) is 1.89. The van der Waals surface area contributed by atoms with Gasteiger partial charge in [0.05, 0.1) is 19.4 Å². The Morgan fingerprint density at radius 2 is 2.13 bits per heavy atom. The molecule has 0 unspecified atom stereocenters. The number of rotatable bonds is 7. The molecule has 0 saturated carbocycles. The Bertz CT molecular complexity index is 498. The molecule has 0 aromatic carbocycles. The maximum atomic E-state index is 12.0. The SMILES string of the molecule is CC[C@](C)(CNC(=O)NCCc1cnn(C)c1)N1CCOCC1. The number of nitrogens with zero attached hydrogens (tertiary/aromatic N) is 3. The summed E-state index contributed by atoms with van der Waals surface area (Å²) in [6, 6.07) is -0.109. The highest BCUT2D eigenvalue weighted by molar-refractivity contribution is 5.73. The molecule has 1 fully saturated rings. The van der Waals surface area contributed by atoms with Crippen molar-refractivity contribution in [3.05, 3.63) is 18.0 Å². The largest absolute Gasteiger partial charge is 0.379 e. The average Bonchev–Trinajstić information content (AvgIpc) is 2.99. The molecule has 23 heavy (non-hydrogen) atoms. The highest BCUT2D eigenvalue weighted by atomic mass is 16.5. The first-order chi connectivity index (χ1) is 11.0. The maximum Gasteiger partial charge on any atom is 0.314 e. The van der Waals surface area contributed by atoms with Gasteiger partial charge in [-0.1, -0.05) is 6.92 Å². The van der Waals surface area contributed by atoms with E-state index in [-0.39, 0.29) is 11.6 Å². The molecule has 2 N–H and O–H groups in total. The first-order valence-electron chi connectivity index (χ1n) is 8.35. The zero-order valence-electron chi connectivity index (χ0n) is 14.5. The van der Waals surface area contributed by atoms with Crippen LogP contribution in [0.4, 0.5) is 4.79 Å². The van der Waals surface area contributed by atoms with Crippen LogP contribution in [-0.2, 0) is 18.2 Å². The fraction of sp³-hybridized carbons (Fsp3) is 0.750. The quantitative estimate of drug-likeness (QED) is 0.777. The van der Waals surface area contributed by atoms with Crippen molar-refractivity contribution in [2.45, 2.75) is 32.2 Å². The first kappa shape index (κ1) is 17.7. The number of carbonyl (C=O) groups is 1. The number of aromatic nitrogens is 2. The molecule has 2 rings (SSSR count). The van der Waals surface area contributed by atoms with Crippen LogP contribution in [-0.4, -0.2) is 65.6 Å². The second-order valence-corrected chi connectivity index (χ2v) is 6.33. The summed E-state index contributed by atoms with van der Waals surface area (Å²) in [5.74, 6) is 0. The Balaban J connectivity index is 1.71. The molecule has 1 aliphatic rings. The summed E-state index contributed by atoms with van der Waals surface area (Å²) in [4.78, 5) is 14.4. The minimum absolute atomic E-state index is 0.0233. The van der Waals surface area contributed by atoms with Crippen molar-refractivity contribution in [3.63, 3.8) is 0 Å². The van der Waals surface area contributed by atoms with Gasteiger partial charge in [0, 0.05) is 45.0 Å². The second-order valence-electron chi connectivity index (χ2n) is 6.33. The van der Waals surface area contributed by atoms with Gasteiger partial charge in [0.1, 0.15) is 0 Å². The monoisotopic (exact) mass is 323 g/mol. The van der Waals surface area contributed by atoms with Gasteiger partial charge in [-0.2, -0.15) is 5.10 Å². The van der Waals surface area contributed by atoms with E-state index in [1.165, 1.54) is 0 Å². The van der Waals surface area contributed by atoms with Crippen LogP contribution in [0.3, 0.4) is 0 Å². The predicted molar refractivity (Wildman–Crippen MR) is 89.4 cm³/mol. The van der Waals surface area contributed by atoms with Crippen LogP contribution in [0.2, 0.25) is 0 Å². The second kappa shape index (κ2) is 8.31. The lowest BCUT2D eigenvalue weighted by atomic mass is 9.95. The third-order valence-corrected chi connectivity index (χ3v) is 4.62. The van der Waals surface area contributed by atoms with Crippen LogP contribution in [0, 0.1) is 0 Å². The molecular formula is C16H29N5O2. The van der Waals surface area contributed by atoms with Crippen molar-refractivity contribution in [2.75, 3.05) is 39.4 Å².